The molecule has 17 heavy (non-hydrogen) atoms. The smallest absolute Gasteiger partial charge is 0.149 e. The third-order valence-electron chi connectivity index (χ3n) is 2.45. The first-order valence-corrected chi connectivity index (χ1v) is 6.09. The summed E-state index contributed by atoms with van der Waals surface area (Å²) in [4.78, 5) is 0.380. The number of anilines is 1. The molecule has 2 rings (SSSR count). The van der Waals surface area contributed by atoms with Gasteiger partial charge in [0.15, 0.2) is 0 Å². The first kappa shape index (κ1) is 11.9. The molecule has 0 fully saturated rings. The Bertz CT molecular complexity index is 547. The number of nitrogens with zero attached hydrogens (tertiary/aromatic N) is 2. The van der Waals surface area contributed by atoms with Crippen LogP contribution in [-0.2, 0) is 7.05 Å². The molecular formula is C11H11F2N3S. The Morgan fingerprint density at radius 1 is 1.35 bits per heavy atom. The lowest BCUT2D eigenvalue weighted by molar-refractivity contribution is 0.570. The molecule has 0 spiro atoms. The molecule has 0 atom stereocenters. The number of halogens is 2. The third kappa shape index (κ3) is 2.00. The average molecular weight is 255 g/mol. The molecule has 1 heterocycles. The topological polar surface area (TPSA) is 43.8 Å². The molecule has 0 bridgehead atoms. The zero-order chi connectivity index (χ0) is 12.6. The number of aryl methyl sites for hydroxylation is 1. The van der Waals surface area contributed by atoms with E-state index in [1.807, 2.05) is 0 Å². The summed E-state index contributed by atoms with van der Waals surface area (Å²) in [7, 11) is 1.62. The van der Waals surface area contributed by atoms with Gasteiger partial charge in [0.2, 0.25) is 0 Å². The summed E-state index contributed by atoms with van der Waals surface area (Å²) >= 11 is 1.22. The van der Waals surface area contributed by atoms with Gasteiger partial charge < -0.3 is 5.73 Å². The first-order valence-electron chi connectivity index (χ1n) is 4.86. The number of rotatable bonds is 2. The summed E-state index contributed by atoms with van der Waals surface area (Å²) < 4.78 is 29.0. The van der Waals surface area contributed by atoms with E-state index in [0.717, 1.165) is 0 Å². The van der Waals surface area contributed by atoms with Crippen molar-refractivity contribution in [1.82, 2.24) is 9.78 Å². The van der Waals surface area contributed by atoms with Crippen molar-refractivity contribution < 1.29 is 8.78 Å². The lowest BCUT2D eigenvalue weighted by Gasteiger charge is -2.05. The normalized spacial score (nSPS) is 10.8. The van der Waals surface area contributed by atoms with Gasteiger partial charge in [-0.1, -0.05) is 0 Å². The van der Waals surface area contributed by atoms with Crippen LogP contribution in [0.5, 0.6) is 0 Å². The van der Waals surface area contributed by atoms with Crippen LogP contribution < -0.4 is 5.73 Å². The molecule has 0 unspecified atom stereocenters. The predicted octanol–water partition coefficient (Wildman–Crippen LogP) is 2.67. The maximum Gasteiger partial charge on any atom is 0.149 e. The summed E-state index contributed by atoms with van der Waals surface area (Å²) in [5.41, 5.74) is 5.67. The van der Waals surface area contributed by atoms with Crippen LogP contribution in [0.2, 0.25) is 0 Å². The Morgan fingerprint density at radius 3 is 2.59 bits per heavy atom. The highest BCUT2D eigenvalue weighted by atomic mass is 32.2. The van der Waals surface area contributed by atoms with Gasteiger partial charge in [-0.05, 0) is 18.4 Å². The highest BCUT2D eigenvalue weighted by Crippen LogP contribution is 2.31. The fraction of sp³-hybridized carbons (Fsp3) is 0.182. The van der Waals surface area contributed by atoms with Gasteiger partial charge >= 0.3 is 0 Å². The SMILES string of the molecule is CSc1ccc(F)c(-c2cc(N)n(C)n2)c1F. The van der Waals surface area contributed by atoms with Crippen LogP contribution in [0.25, 0.3) is 11.3 Å². The summed E-state index contributed by atoms with van der Waals surface area (Å²) in [5, 5.41) is 3.98. The van der Waals surface area contributed by atoms with Crippen LogP contribution in [0.1, 0.15) is 0 Å². The lowest BCUT2D eigenvalue weighted by Crippen LogP contribution is -1.97. The van der Waals surface area contributed by atoms with Crippen LogP contribution in [-0.4, -0.2) is 16.0 Å². The molecule has 1 aromatic carbocycles. The summed E-state index contributed by atoms with van der Waals surface area (Å²) in [6.45, 7) is 0. The van der Waals surface area contributed by atoms with Crippen molar-refractivity contribution in [2.45, 2.75) is 4.90 Å². The molecule has 0 radical (unpaired) electrons. The third-order valence-corrected chi connectivity index (χ3v) is 3.20. The maximum absolute atomic E-state index is 14.0. The number of hydrogen-bond donors (Lipinski definition) is 1. The minimum Gasteiger partial charge on any atom is -0.384 e. The Morgan fingerprint density at radius 2 is 2.06 bits per heavy atom. The summed E-state index contributed by atoms with van der Waals surface area (Å²) in [6.07, 6.45) is 1.73. The molecule has 2 N–H and O–H groups in total. The Balaban J connectivity index is 2.65. The van der Waals surface area contributed by atoms with Crippen molar-refractivity contribution in [3.05, 3.63) is 29.8 Å². The van der Waals surface area contributed by atoms with Gasteiger partial charge in [-0.25, -0.2) is 8.78 Å². The molecule has 0 amide bonds. The predicted molar refractivity (Wildman–Crippen MR) is 64.8 cm³/mol. The second kappa shape index (κ2) is 4.37. The van der Waals surface area contributed by atoms with Gasteiger partial charge in [-0.3, -0.25) is 4.68 Å². The van der Waals surface area contributed by atoms with Gasteiger partial charge in [0.1, 0.15) is 23.1 Å². The largest absolute Gasteiger partial charge is 0.384 e. The van der Waals surface area contributed by atoms with Crippen molar-refractivity contribution in [3.8, 4) is 11.3 Å². The van der Waals surface area contributed by atoms with Crippen molar-refractivity contribution in [2.75, 3.05) is 12.0 Å². The van der Waals surface area contributed by atoms with E-state index in [2.05, 4.69) is 5.10 Å². The molecule has 1 aromatic heterocycles. The zero-order valence-corrected chi connectivity index (χ0v) is 10.2. The van der Waals surface area contributed by atoms with Crippen molar-refractivity contribution in [3.63, 3.8) is 0 Å². The molecule has 6 heteroatoms. The van der Waals surface area contributed by atoms with Crippen LogP contribution in [0, 0.1) is 11.6 Å². The van der Waals surface area contributed by atoms with E-state index in [0.29, 0.717) is 10.7 Å². The van der Waals surface area contributed by atoms with E-state index in [1.165, 1.54) is 34.6 Å². The minimum atomic E-state index is -0.640. The molecule has 2 aromatic rings. The monoisotopic (exact) mass is 255 g/mol. The second-order valence-electron chi connectivity index (χ2n) is 3.52. The van der Waals surface area contributed by atoms with Crippen LogP contribution in [0.15, 0.2) is 23.1 Å². The maximum atomic E-state index is 14.0. The first-order chi connectivity index (χ1) is 8.04. The number of benzene rings is 1. The van der Waals surface area contributed by atoms with Gasteiger partial charge in [-0.2, -0.15) is 5.10 Å². The number of hydrogen-bond acceptors (Lipinski definition) is 3. The molecule has 0 aliphatic heterocycles. The fourth-order valence-electron chi connectivity index (χ4n) is 1.53. The Kier molecular flexibility index (Phi) is 3.06. The van der Waals surface area contributed by atoms with Gasteiger partial charge in [0, 0.05) is 18.0 Å². The van der Waals surface area contributed by atoms with E-state index in [1.54, 1.807) is 13.3 Å². The highest BCUT2D eigenvalue weighted by Gasteiger charge is 2.18. The van der Waals surface area contributed by atoms with Crippen LogP contribution in [0.3, 0.4) is 0 Å². The van der Waals surface area contributed by atoms with Crippen LogP contribution >= 0.6 is 11.8 Å². The molecule has 0 aliphatic rings. The molecule has 0 saturated heterocycles. The molecular weight excluding hydrogens is 244 g/mol. The van der Waals surface area contributed by atoms with Gasteiger partial charge in [0.25, 0.3) is 0 Å². The van der Waals surface area contributed by atoms with E-state index in [9.17, 15) is 8.78 Å². The van der Waals surface area contributed by atoms with E-state index in [-0.39, 0.29) is 11.3 Å². The summed E-state index contributed by atoms with van der Waals surface area (Å²) in [6, 6.07) is 4.09. The molecule has 3 nitrogen and oxygen atoms in total. The zero-order valence-electron chi connectivity index (χ0n) is 9.37. The van der Waals surface area contributed by atoms with Crippen molar-refractivity contribution in [1.29, 1.82) is 0 Å². The molecule has 0 aliphatic carbocycles. The standard InChI is InChI=1S/C11H11F2N3S/c1-16-9(14)5-7(15-16)10-6(12)3-4-8(17-2)11(10)13/h3-5H,14H2,1-2H3. The van der Waals surface area contributed by atoms with E-state index < -0.39 is 11.6 Å². The van der Waals surface area contributed by atoms with Crippen molar-refractivity contribution in [2.24, 2.45) is 7.05 Å². The van der Waals surface area contributed by atoms with E-state index >= 15 is 0 Å². The van der Waals surface area contributed by atoms with E-state index in [4.69, 9.17) is 5.73 Å². The number of aromatic nitrogens is 2. The quantitative estimate of drug-likeness (QED) is 0.839. The number of nitrogen functional groups attached to an aromatic ring is 1. The fourth-order valence-corrected chi connectivity index (χ4v) is 2.02. The van der Waals surface area contributed by atoms with Gasteiger partial charge in [-0.15, -0.1) is 11.8 Å². The minimum absolute atomic E-state index is 0.135. The molecule has 0 saturated carbocycles. The molecule has 90 valence electrons. The van der Waals surface area contributed by atoms with Crippen LogP contribution in [0.4, 0.5) is 14.6 Å². The second-order valence-corrected chi connectivity index (χ2v) is 4.36. The summed E-state index contributed by atoms with van der Waals surface area (Å²) in [5.74, 6) is -0.887. The van der Waals surface area contributed by atoms with Gasteiger partial charge in [0.05, 0.1) is 5.56 Å². The van der Waals surface area contributed by atoms with Crippen molar-refractivity contribution >= 4 is 17.6 Å². The number of nitrogens with two attached hydrogens (primary N) is 1. The number of thioether (sulfide) groups is 1. The lowest BCUT2D eigenvalue weighted by atomic mass is 10.1. The highest BCUT2D eigenvalue weighted by molar-refractivity contribution is 7.98. The Hall–Kier alpha value is -1.56. The average Bonchev–Trinajstić information content (AvgIpc) is 2.59. The Labute approximate surface area is 102 Å².